The van der Waals surface area contributed by atoms with Crippen molar-refractivity contribution in [1.82, 2.24) is 0 Å². The Morgan fingerprint density at radius 1 is 0.351 bits per heavy atom. The molecule has 0 aromatic carbocycles. The predicted octanol–water partition coefficient (Wildman–Crippen LogP) is 5.38. The normalized spacial score (nSPS) is 11.7. The second-order valence-corrected chi connectivity index (χ2v) is 13.7. The zero-order valence-electron chi connectivity index (χ0n) is 25.2. The maximum Gasteiger partial charge on any atom is 3.00 e. The second-order valence-electron chi connectivity index (χ2n) is 10.8. The van der Waals surface area contributed by atoms with Crippen LogP contribution in [0, 0.1) is 35.5 Å². The smallest absolute Gasteiger partial charge is 0.786 e. The van der Waals surface area contributed by atoms with Crippen molar-refractivity contribution in [2.75, 3.05) is 39.6 Å². The average molecular weight is 701 g/mol. The van der Waals surface area contributed by atoms with Crippen LogP contribution in [0.15, 0.2) is 0 Å². The first-order chi connectivity index (χ1) is 16.6. The summed E-state index contributed by atoms with van der Waals surface area (Å²) in [5, 5.41) is 0. The Hall–Kier alpha value is 1.75. The van der Waals surface area contributed by atoms with Crippen molar-refractivity contribution in [2.45, 2.75) is 83.1 Å². The van der Waals surface area contributed by atoms with Crippen LogP contribution in [-0.4, -0.2) is 64.1 Å². The van der Waals surface area contributed by atoms with E-state index in [9.17, 15) is 14.7 Å². The van der Waals surface area contributed by atoms with Crippen LogP contribution in [0.2, 0.25) is 0 Å². The molecule has 0 unspecified atom stereocenters. The first-order valence-electron chi connectivity index (χ1n) is 12.8. The van der Waals surface area contributed by atoms with Gasteiger partial charge in [-0.2, -0.15) is 0 Å². The first kappa shape index (κ1) is 45.7. The monoisotopic (exact) mass is 700 g/mol. The van der Waals surface area contributed by atoms with E-state index < -0.39 is 25.8 Å². The van der Waals surface area contributed by atoms with Gasteiger partial charge in [0.15, 0.2) is 0 Å². The molecule has 0 bridgehead atoms. The van der Waals surface area contributed by atoms with Crippen molar-refractivity contribution in [3.8, 4) is 0 Å². The zero-order chi connectivity index (χ0) is 28.7. The van der Waals surface area contributed by atoms with E-state index in [2.05, 4.69) is 0 Å². The Kier molecular flexibility index (Phi) is 37.9. The van der Waals surface area contributed by atoms with Crippen molar-refractivity contribution in [3.63, 3.8) is 0 Å². The van der Waals surface area contributed by atoms with Gasteiger partial charge in [-0.1, -0.05) is 83.1 Å². The van der Waals surface area contributed by atoms with Crippen molar-refractivity contribution < 1.29 is 41.8 Å². The minimum Gasteiger partial charge on any atom is -0.786 e. The summed E-state index contributed by atoms with van der Waals surface area (Å²) in [6, 6.07) is 0. The minimum atomic E-state index is -1.90. The summed E-state index contributed by atoms with van der Waals surface area (Å²) in [6.45, 7) is 27.0. The van der Waals surface area contributed by atoms with Crippen molar-refractivity contribution in [2.24, 2.45) is 35.5 Å². The van der Waals surface area contributed by atoms with Crippen LogP contribution in [0.4, 0.5) is 0 Å². The molecule has 0 aromatic heterocycles. The van der Waals surface area contributed by atoms with E-state index in [-0.39, 0.29) is 24.4 Å². The molecule has 0 saturated carbocycles. The molecule has 0 aromatic rings. The molecular formula is C24H54O9P3Sb. The Morgan fingerprint density at radius 3 is 0.541 bits per heavy atom. The molecule has 0 aliphatic heterocycles. The molecule has 0 aliphatic rings. The Bertz CT molecular complexity index is 352. The molecule has 9 nitrogen and oxygen atoms in total. The van der Waals surface area contributed by atoms with E-state index in [1.54, 1.807) is 0 Å². The zero-order valence-corrected chi connectivity index (χ0v) is 30.4. The van der Waals surface area contributed by atoms with Crippen molar-refractivity contribution >= 4 is 50.2 Å². The summed E-state index contributed by atoms with van der Waals surface area (Å²) in [7, 11) is -5.69. The largest absolute Gasteiger partial charge is 3.00 e. The maximum atomic E-state index is 11.0. The molecule has 2 radical (unpaired) electrons. The van der Waals surface area contributed by atoms with E-state index in [1.165, 1.54) is 0 Å². The van der Waals surface area contributed by atoms with Crippen LogP contribution < -0.4 is 14.7 Å². The van der Waals surface area contributed by atoms with Gasteiger partial charge in [0.05, 0.1) is 65.4 Å². The predicted molar refractivity (Wildman–Crippen MR) is 151 cm³/mol. The van der Waals surface area contributed by atoms with Gasteiger partial charge in [-0.15, -0.1) is 0 Å². The first-order valence-corrected chi connectivity index (χ1v) is 16.0. The van der Waals surface area contributed by atoms with Gasteiger partial charge >= 0.3 is 24.4 Å². The molecule has 0 aliphatic carbocycles. The van der Waals surface area contributed by atoms with Crippen LogP contribution in [-0.2, 0) is 27.1 Å². The van der Waals surface area contributed by atoms with E-state index in [0.717, 1.165) is 0 Å². The summed E-state index contributed by atoms with van der Waals surface area (Å²) >= 11 is 0. The summed E-state index contributed by atoms with van der Waals surface area (Å²) in [4.78, 5) is 32.9. The topological polar surface area (TPSA) is 125 Å². The van der Waals surface area contributed by atoms with Gasteiger partial charge in [0.2, 0.25) is 0 Å². The molecule has 37 heavy (non-hydrogen) atoms. The van der Waals surface area contributed by atoms with Crippen LogP contribution in [0.3, 0.4) is 0 Å². The van der Waals surface area contributed by atoms with Gasteiger partial charge in [0.25, 0.3) is 0 Å². The van der Waals surface area contributed by atoms with Crippen LogP contribution in [0.25, 0.3) is 0 Å². The van der Waals surface area contributed by atoms with Crippen LogP contribution in [0.5, 0.6) is 0 Å². The van der Waals surface area contributed by atoms with Gasteiger partial charge < -0.3 is 41.8 Å². The molecule has 13 heteroatoms. The molecule has 0 amide bonds. The van der Waals surface area contributed by atoms with Gasteiger partial charge in [-0.05, 0) is 35.5 Å². The molecule has 0 spiro atoms. The third kappa shape index (κ3) is 47.9. The van der Waals surface area contributed by atoms with Crippen LogP contribution in [0.1, 0.15) is 83.1 Å². The summed E-state index contributed by atoms with van der Waals surface area (Å²) in [5.41, 5.74) is 0. The summed E-state index contributed by atoms with van der Waals surface area (Å²) in [6.07, 6.45) is 0. The molecule has 0 saturated heterocycles. The fraction of sp³-hybridized carbons (Fsp3) is 1.00. The molecule has 0 rings (SSSR count). The third-order valence-electron chi connectivity index (χ3n) is 3.08. The fourth-order valence-electron chi connectivity index (χ4n) is 1.37. The number of rotatable bonds is 18. The van der Waals surface area contributed by atoms with Gasteiger partial charge in [0, 0.05) is 0 Å². The van der Waals surface area contributed by atoms with E-state index in [0.29, 0.717) is 75.1 Å². The SMILES string of the molecule is CC(C)COP([O-])OCC(C)C.CC(C)COP([O-])OCC(C)C.CC(C)COP([O-])OCC(C)C.[Sb+3]. The quantitative estimate of drug-likeness (QED) is 0.137. The average Bonchev–Trinajstić information content (AvgIpc) is 2.76. The van der Waals surface area contributed by atoms with E-state index >= 15 is 0 Å². The van der Waals surface area contributed by atoms with Crippen LogP contribution >= 0.6 is 25.8 Å². The molecular weight excluding hydrogens is 647 g/mol. The van der Waals surface area contributed by atoms with Crippen molar-refractivity contribution in [3.05, 3.63) is 0 Å². The Morgan fingerprint density at radius 2 is 0.459 bits per heavy atom. The standard InChI is InChI=1S/3C8H18O3P.Sb/c3*1-7(2)5-10-12(9)11-6-8(3)4;/h3*7-8H,5-6H2,1-4H3;/q3*-1;+3. The van der Waals surface area contributed by atoms with E-state index in [1.807, 2.05) is 83.1 Å². The number of hydrogen-bond donors (Lipinski definition) is 0. The fourth-order valence-corrected chi connectivity index (χ4v) is 4.11. The third-order valence-corrected chi connectivity index (χ3v) is 5.24. The second kappa shape index (κ2) is 30.7. The summed E-state index contributed by atoms with van der Waals surface area (Å²) in [5.74, 6) is 2.37. The van der Waals surface area contributed by atoms with Gasteiger partial charge in [0.1, 0.15) is 0 Å². The molecule has 0 fully saturated rings. The molecule has 0 heterocycles. The molecule has 0 N–H and O–H groups in total. The van der Waals surface area contributed by atoms with Gasteiger partial charge in [-0.3, -0.25) is 0 Å². The van der Waals surface area contributed by atoms with Crippen molar-refractivity contribution in [1.29, 1.82) is 0 Å². The minimum absolute atomic E-state index is 0. The molecule has 224 valence electrons. The van der Waals surface area contributed by atoms with E-state index in [4.69, 9.17) is 27.1 Å². The molecule has 0 atom stereocenters. The Labute approximate surface area is 249 Å². The van der Waals surface area contributed by atoms with Gasteiger partial charge in [-0.25, -0.2) is 0 Å². The Balaban J connectivity index is -0.000000218. The maximum absolute atomic E-state index is 11.0. The number of hydrogen-bond acceptors (Lipinski definition) is 9. The summed E-state index contributed by atoms with van der Waals surface area (Å²) < 4.78 is 29.6.